The van der Waals surface area contributed by atoms with E-state index in [4.69, 9.17) is 14.2 Å². The minimum absolute atomic E-state index is 0.0478. The first kappa shape index (κ1) is 25.2. The monoisotopic (exact) mass is 523 g/mol. The van der Waals surface area contributed by atoms with Crippen LogP contribution < -0.4 is 19.5 Å². The number of para-hydroxylation sites is 1. The summed E-state index contributed by atoms with van der Waals surface area (Å²) in [7, 11) is 0. The van der Waals surface area contributed by atoms with Gasteiger partial charge in [0.05, 0.1) is 5.52 Å². The van der Waals surface area contributed by atoms with Crippen LogP contribution in [-0.2, 0) is 17.9 Å². The lowest BCUT2D eigenvalue weighted by Crippen LogP contribution is -2.34. The number of amides is 1. The van der Waals surface area contributed by atoms with E-state index in [1.54, 1.807) is 6.20 Å². The third-order valence-electron chi connectivity index (χ3n) is 7.40. The first-order valence-corrected chi connectivity index (χ1v) is 13.6. The van der Waals surface area contributed by atoms with Crippen LogP contribution in [0.4, 0.5) is 0 Å². The number of aromatic nitrogens is 1. The number of likely N-dealkylation sites (tertiary alicyclic amines) is 1. The van der Waals surface area contributed by atoms with Crippen LogP contribution in [0.1, 0.15) is 30.9 Å². The fourth-order valence-corrected chi connectivity index (χ4v) is 5.38. The fraction of sp³-hybridized carbons (Fsp3) is 0.312. The molecule has 0 aliphatic carbocycles. The molecule has 1 N–H and O–H groups in total. The third kappa shape index (κ3) is 5.99. The SMILES string of the molecule is C[C@@H]1CCCN(Cc2cc(-c3ccc4c(c3)OCO4)ccc2OCC(=O)NCc2cnc3ccccc3c2)C1. The molecule has 3 aromatic carbocycles. The minimum Gasteiger partial charge on any atom is -0.483 e. The summed E-state index contributed by atoms with van der Waals surface area (Å²) < 4.78 is 17.2. The maximum Gasteiger partial charge on any atom is 0.258 e. The topological polar surface area (TPSA) is 72.9 Å². The average Bonchev–Trinajstić information content (AvgIpc) is 3.43. The molecule has 6 rings (SSSR count). The van der Waals surface area contributed by atoms with Gasteiger partial charge in [-0.25, -0.2) is 0 Å². The highest BCUT2D eigenvalue weighted by Crippen LogP contribution is 2.37. The predicted octanol–water partition coefficient (Wildman–Crippen LogP) is 5.56. The van der Waals surface area contributed by atoms with Crippen molar-refractivity contribution in [2.75, 3.05) is 26.5 Å². The van der Waals surface area contributed by atoms with Crippen molar-refractivity contribution in [2.24, 2.45) is 5.92 Å². The number of carbonyl (C=O) groups excluding carboxylic acids is 1. The predicted molar refractivity (Wildman–Crippen MR) is 151 cm³/mol. The van der Waals surface area contributed by atoms with Gasteiger partial charge in [0.2, 0.25) is 6.79 Å². The number of piperidine rings is 1. The molecule has 2 aliphatic heterocycles. The van der Waals surface area contributed by atoms with Gasteiger partial charge in [0.1, 0.15) is 5.75 Å². The Balaban J connectivity index is 1.15. The van der Waals surface area contributed by atoms with E-state index >= 15 is 0 Å². The number of nitrogens with one attached hydrogen (secondary N) is 1. The summed E-state index contributed by atoms with van der Waals surface area (Å²) in [6.07, 6.45) is 4.27. The second kappa shape index (κ2) is 11.3. The number of pyridine rings is 1. The van der Waals surface area contributed by atoms with E-state index < -0.39 is 0 Å². The first-order chi connectivity index (χ1) is 19.1. The lowest BCUT2D eigenvalue weighted by molar-refractivity contribution is -0.123. The fourth-order valence-electron chi connectivity index (χ4n) is 5.38. The highest BCUT2D eigenvalue weighted by molar-refractivity contribution is 5.80. The molecule has 0 spiro atoms. The Kier molecular flexibility index (Phi) is 7.32. The normalized spacial score (nSPS) is 16.8. The van der Waals surface area contributed by atoms with Gasteiger partial charge in [0.25, 0.3) is 5.91 Å². The van der Waals surface area contributed by atoms with Gasteiger partial charge in [-0.2, -0.15) is 0 Å². The molecule has 3 heterocycles. The molecular weight excluding hydrogens is 490 g/mol. The molecule has 200 valence electrons. The van der Waals surface area contributed by atoms with Gasteiger partial charge in [0.15, 0.2) is 18.1 Å². The Labute approximate surface area is 228 Å². The first-order valence-electron chi connectivity index (χ1n) is 13.6. The van der Waals surface area contributed by atoms with Crippen molar-refractivity contribution in [2.45, 2.75) is 32.9 Å². The van der Waals surface area contributed by atoms with E-state index in [2.05, 4.69) is 34.3 Å². The van der Waals surface area contributed by atoms with Crippen LogP contribution in [0.2, 0.25) is 0 Å². The summed E-state index contributed by atoms with van der Waals surface area (Å²) in [5, 5.41) is 4.02. The number of rotatable bonds is 8. The van der Waals surface area contributed by atoms with Gasteiger partial charge >= 0.3 is 0 Å². The van der Waals surface area contributed by atoms with E-state index in [-0.39, 0.29) is 19.3 Å². The molecule has 4 aromatic rings. The van der Waals surface area contributed by atoms with Crippen LogP contribution in [0.15, 0.2) is 72.9 Å². The molecule has 1 amide bonds. The molecule has 2 aliphatic rings. The Morgan fingerprint density at radius 3 is 2.82 bits per heavy atom. The Morgan fingerprint density at radius 2 is 1.90 bits per heavy atom. The smallest absolute Gasteiger partial charge is 0.258 e. The molecule has 0 radical (unpaired) electrons. The average molecular weight is 524 g/mol. The van der Waals surface area contributed by atoms with Gasteiger partial charge in [-0.3, -0.25) is 14.7 Å². The summed E-state index contributed by atoms with van der Waals surface area (Å²) >= 11 is 0. The number of benzene rings is 3. The summed E-state index contributed by atoms with van der Waals surface area (Å²) in [5.74, 6) is 2.78. The van der Waals surface area contributed by atoms with Gasteiger partial charge in [0, 0.05) is 36.8 Å². The molecule has 1 fully saturated rings. The quantitative estimate of drug-likeness (QED) is 0.326. The highest BCUT2D eigenvalue weighted by Gasteiger charge is 2.20. The summed E-state index contributed by atoms with van der Waals surface area (Å²) in [5.41, 5.74) is 5.10. The van der Waals surface area contributed by atoms with E-state index in [1.165, 1.54) is 12.8 Å². The van der Waals surface area contributed by atoms with Crippen molar-refractivity contribution in [3.05, 3.63) is 84.1 Å². The molecule has 0 unspecified atom stereocenters. The van der Waals surface area contributed by atoms with Crippen molar-refractivity contribution in [3.8, 4) is 28.4 Å². The molecule has 1 aromatic heterocycles. The largest absolute Gasteiger partial charge is 0.483 e. The molecule has 0 saturated carbocycles. The Hall–Kier alpha value is -4.10. The van der Waals surface area contributed by atoms with Crippen LogP contribution >= 0.6 is 0 Å². The lowest BCUT2D eigenvalue weighted by Gasteiger charge is -2.31. The van der Waals surface area contributed by atoms with Gasteiger partial charge in [-0.05, 0) is 78.4 Å². The molecule has 0 bridgehead atoms. The number of hydrogen-bond acceptors (Lipinski definition) is 6. The van der Waals surface area contributed by atoms with E-state index in [0.717, 1.165) is 70.0 Å². The van der Waals surface area contributed by atoms with Crippen LogP contribution in [0, 0.1) is 5.92 Å². The zero-order chi connectivity index (χ0) is 26.6. The second-order valence-corrected chi connectivity index (χ2v) is 10.5. The standard InChI is InChI=1S/C32H33N3O4/c1-22-5-4-12-35(18-22)19-27-14-24(25-9-11-30-31(15-25)39-21-38-30)8-10-29(27)37-20-32(36)34-17-23-13-26-6-2-3-7-28(26)33-16-23/h2-3,6-11,13-16,22H,4-5,12,17-21H2,1H3,(H,34,36)/t22-/m1/s1. The van der Waals surface area contributed by atoms with Crippen LogP contribution in [0.25, 0.3) is 22.0 Å². The second-order valence-electron chi connectivity index (χ2n) is 10.5. The van der Waals surface area contributed by atoms with Gasteiger partial charge in [-0.1, -0.05) is 37.3 Å². The number of ether oxygens (including phenoxy) is 3. The van der Waals surface area contributed by atoms with E-state index in [0.29, 0.717) is 12.5 Å². The van der Waals surface area contributed by atoms with Crippen LogP contribution in [0.3, 0.4) is 0 Å². The summed E-state index contributed by atoms with van der Waals surface area (Å²) in [6.45, 7) is 5.83. The van der Waals surface area contributed by atoms with Crippen molar-refractivity contribution >= 4 is 16.8 Å². The van der Waals surface area contributed by atoms with Crippen molar-refractivity contribution in [3.63, 3.8) is 0 Å². The molecule has 7 nitrogen and oxygen atoms in total. The highest BCUT2D eigenvalue weighted by atomic mass is 16.7. The minimum atomic E-state index is -0.166. The van der Waals surface area contributed by atoms with Gasteiger partial charge in [-0.15, -0.1) is 0 Å². The van der Waals surface area contributed by atoms with E-state index in [9.17, 15) is 4.79 Å². The molecule has 7 heteroatoms. The number of nitrogens with zero attached hydrogens (tertiary/aromatic N) is 2. The van der Waals surface area contributed by atoms with Gasteiger partial charge < -0.3 is 19.5 Å². The molecular formula is C32H33N3O4. The zero-order valence-electron chi connectivity index (χ0n) is 22.2. The Morgan fingerprint density at radius 1 is 1.05 bits per heavy atom. The third-order valence-corrected chi connectivity index (χ3v) is 7.40. The lowest BCUT2D eigenvalue weighted by atomic mass is 9.98. The number of hydrogen-bond donors (Lipinski definition) is 1. The Bertz CT molecular complexity index is 1490. The van der Waals surface area contributed by atoms with Crippen LogP contribution in [0.5, 0.6) is 17.2 Å². The summed E-state index contributed by atoms with van der Waals surface area (Å²) in [6, 6.07) is 22.2. The molecule has 1 saturated heterocycles. The van der Waals surface area contributed by atoms with Crippen molar-refractivity contribution in [1.82, 2.24) is 15.2 Å². The maximum absolute atomic E-state index is 12.7. The molecule has 1 atom stereocenters. The summed E-state index contributed by atoms with van der Waals surface area (Å²) in [4.78, 5) is 19.7. The zero-order valence-corrected chi connectivity index (χ0v) is 22.2. The molecule has 39 heavy (non-hydrogen) atoms. The number of fused-ring (bicyclic) bond motifs is 2. The number of carbonyl (C=O) groups is 1. The van der Waals surface area contributed by atoms with Crippen molar-refractivity contribution < 1.29 is 19.0 Å². The van der Waals surface area contributed by atoms with Crippen LogP contribution in [-0.4, -0.2) is 42.3 Å². The van der Waals surface area contributed by atoms with E-state index in [1.807, 2.05) is 54.6 Å². The maximum atomic E-state index is 12.7. The van der Waals surface area contributed by atoms with Crippen molar-refractivity contribution in [1.29, 1.82) is 0 Å².